The summed E-state index contributed by atoms with van der Waals surface area (Å²) in [4.78, 5) is 29.4. The van der Waals surface area contributed by atoms with Gasteiger partial charge in [0.1, 0.15) is 0 Å². The largest absolute Gasteiger partial charge is 0.459 e. The molecule has 3 aromatic rings. The highest BCUT2D eigenvalue weighted by atomic mass is 32.2. The van der Waals surface area contributed by atoms with Crippen molar-refractivity contribution in [3.05, 3.63) is 89.4 Å². The molecule has 1 unspecified atom stereocenters. The van der Waals surface area contributed by atoms with Crippen molar-refractivity contribution in [2.45, 2.75) is 18.3 Å². The van der Waals surface area contributed by atoms with E-state index in [9.17, 15) is 9.59 Å². The Morgan fingerprint density at radius 3 is 2.66 bits per heavy atom. The number of carbonyl (C=O) groups excluding carboxylic acids is 2. The summed E-state index contributed by atoms with van der Waals surface area (Å²) < 4.78 is 5.34. The van der Waals surface area contributed by atoms with Crippen molar-refractivity contribution in [3.63, 3.8) is 0 Å². The summed E-state index contributed by atoms with van der Waals surface area (Å²) in [7, 11) is 0. The van der Waals surface area contributed by atoms with Crippen LogP contribution in [0.15, 0.2) is 71.3 Å². The molecule has 1 saturated heterocycles. The average molecular weight is 404 g/mol. The lowest BCUT2D eigenvalue weighted by Gasteiger charge is -2.32. The predicted octanol–water partition coefficient (Wildman–Crippen LogP) is 4.18. The first-order valence-electron chi connectivity index (χ1n) is 9.58. The number of anilines is 1. The minimum Gasteiger partial charge on any atom is -0.459 e. The van der Waals surface area contributed by atoms with E-state index in [0.717, 1.165) is 16.8 Å². The van der Waals surface area contributed by atoms with E-state index < -0.39 is 4.87 Å². The maximum atomic E-state index is 13.8. The molecule has 1 spiro atoms. The lowest BCUT2D eigenvalue weighted by atomic mass is 10.1. The van der Waals surface area contributed by atoms with Gasteiger partial charge in [0.15, 0.2) is 10.6 Å². The number of furan rings is 1. The van der Waals surface area contributed by atoms with Crippen molar-refractivity contribution < 1.29 is 14.0 Å². The molecule has 1 aromatic heterocycles. The Morgan fingerprint density at radius 1 is 1.10 bits per heavy atom. The molecular formula is C23H20N2O3S. The molecule has 29 heavy (non-hydrogen) atoms. The van der Waals surface area contributed by atoms with Gasteiger partial charge in [-0.3, -0.25) is 9.59 Å². The number of carbonyl (C=O) groups is 2. The van der Waals surface area contributed by atoms with Crippen LogP contribution in [0.1, 0.15) is 27.2 Å². The van der Waals surface area contributed by atoms with Crippen molar-refractivity contribution in [2.24, 2.45) is 0 Å². The summed E-state index contributed by atoms with van der Waals surface area (Å²) in [6, 6.07) is 19.3. The maximum Gasteiger partial charge on any atom is 0.291 e. The molecule has 2 amide bonds. The number of hydrogen-bond donors (Lipinski definition) is 0. The molecule has 6 heteroatoms. The Bertz CT molecular complexity index is 1080. The molecule has 2 aliphatic rings. The Kier molecular flexibility index (Phi) is 4.24. The Morgan fingerprint density at radius 2 is 1.90 bits per heavy atom. The number of aryl methyl sites for hydroxylation is 1. The zero-order valence-corrected chi connectivity index (χ0v) is 16.8. The second kappa shape index (κ2) is 6.81. The van der Waals surface area contributed by atoms with Crippen molar-refractivity contribution in [1.29, 1.82) is 0 Å². The van der Waals surface area contributed by atoms with Gasteiger partial charge in [-0.1, -0.05) is 48.0 Å². The molecule has 3 heterocycles. The quantitative estimate of drug-likeness (QED) is 0.657. The minimum absolute atomic E-state index is 0.0679. The number of benzene rings is 2. The summed E-state index contributed by atoms with van der Waals surface area (Å²) in [6.45, 7) is 3.02. The Balaban J connectivity index is 1.57. The lowest BCUT2D eigenvalue weighted by Crippen LogP contribution is -2.50. The fourth-order valence-electron chi connectivity index (χ4n) is 4.13. The van der Waals surface area contributed by atoms with Gasteiger partial charge >= 0.3 is 0 Å². The standard InChI is InChI=1S/C23H20N2O3S/c1-16-8-10-17(11-9-16)15-24-19-6-3-2-5-18(19)23(22(24)27)25(12-14-29-23)21(26)20-7-4-13-28-20/h2-11,13H,12,14-15H2,1H3. The summed E-state index contributed by atoms with van der Waals surface area (Å²) in [5, 5.41) is 0. The summed E-state index contributed by atoms with van der Waals surface area (Å²) >= 11 is 1.53. The van der Waals surface area contributed by atoms with Crippen LogP contribution in [0.5, 0.6) is 0 Å². The zero-order chi connectivity index (χ0) is 20.0. The third kappa shape index (κ3) is 2.70. The lowest BCUT2D eigenvalue weighted by molar-refractivity contribution is -0.123. The molecule has 1 atom stereocenters. The van der Waals surface area contributed by atoms with E-state index in [1.165, 1.54) is 23.6 Å². The summed E-state index contributed by atoms with van der Waals surface area (Å²) in [5.41, 5.74) is 3.98. The van der Waals surface area contributed by atoms with Crippen LogP contribution in [0.2, 0.25) is 0 Å². The van der Waals surface area contributed by atoms with Gasteiger partial charge in [-0.15, -0.1) is 11.8 Å². The van der Waals surface area contributed by atoms with Gasteiger partial charge in [-0.05, 0) is 30.7 Å². The average Bonchev–Trinajstić information content (AvgIpc) is 3.47. The van der Waals surface area contributed by atoms with E-state index in [2.05, 4.69) is 12.1 Å². The summed E-state index contributed by atoms with van der Waals surface area (Å²) in [5.74, 6) is 0.640. The second-order valence-electron chi connectivity index (χ2n) is 7.32. The van der Waals surface area contributed by atoms with E-state index >= 15 is 0 Å². The minimum atomic E-state index is -1.04. The monoisotopic (exact) mass is 404 g/mol. The third-order valence-corrected chi connectivity index (χ3v) is 6.96. The van der Waals surface area contributed by atoms with Gasteiger partial charge in [0, 0.05) is 17.9 Å². The predicted molar refractivity (Wildman–Crippen MR) is 113 cm³/mol. The molecule has 0 saturated carbocycles. The molecule has 0 radical (unpaired) electrons. The molecular weight excluding hydrogens is 384 g/mol. The SMILES string of the molecule is Cc1ccc(CN2C(=O)C3(SCCN3C(=O)c3ccco3)c3ccccc32)cc1. The van der Waals surface area contributed by atoms with Crippen LogP contribution in [-0.2, 0) is 16.2 Å². The van der Waals surface area contributed by atoms with E-state index in [4.69, 9.17) is 4.42 Å². The van der Waals surface area contributed by atoms with Gasteiger partial charge in [-0.25, -0.2) is 0 Å². The van der Waals surface area contributed by atoms with E-state index in [1.54, 1.807) is 21.9 Å². The molecule has 1 fully saturated rings. The van der Waals surface area contributed by atoms with E-state index in [1.807, 2.05) is 43.3 Å². The maximum absolute atomic E-state index is 13.8. The first-order valence-corrected chi connectivity index (χ1v) is 10.6. The van der Waals surface area contributed by atoms with Crippen LogP contribution in [0.25, 0.3) is 0 Å². The smallest absolute Gasteiger partial charge is 0.291 e. The van der Waals surface area contributed by atoms with E-state index in [0.29, 0.717) is 18.8 Å². The highest BCUT2D eigenvalue weighted by Gasteiger charge is 2.59. The number of para-hydroxylation sites is 1. The number of rotatable bonds is 3. The van der Waals surface area contributed by atoms with Crippen LogP contribution in [0, 0.1) is 6.92 Å². The van der Waals surface area contributed by atoms with Crippen LogP contribution >= 0.6 is 11.8 Å². The number of fused-ring (bicyclic) bond motifs is 2. The van der Waals surface area contributed by atoms with Crippen molar-refractivity contribution in [2.75, 3.05) is 17.2 Å². The normalized spacial score (nSPS) is 20.5. The molecule has 0 N–H and O–H groups in total. The molecule has 5 nitrogen and oxygen atoms in total. The van der Waals surface area contributed by atoms with Crippen molar-refractivity contribution in [3.8, 4) is 0 Å². The molecule has 2 aromatic carbocycles. The number of nitrogens with zero attached hydrogens (tertiary/aromatic N) is 2. The van der Waals surface area contributed by atoms with E-state index in [-0.39, 0.29) is 17.6 Å². The first kappa shape index (κ1) is 18.1. The highest BCUT2D eigenvalue weighted by Crippen LogP contribution is 2.54. The first-order chi connectivity index (χ1) is 14.1. The zero-order valence-electron chi connectivity index (χ0n) is 16.0. The molecule has 5 rings (SSSR count). The van der Waals surface area contributed by atoms with Crippen molar-refractivity contribution in [1.82, 2.24) is 4.90 Å². The van der Waals surface area contributed by atoms with Gasteiger partial charge in [-0.2, -0.15) is 0 Å². The Labute approximate surface area is 173 Å². The van der Waals surface area contributed by atoms with Crippen LogP contribution in [0.3, 0.4) is 0 Å². The number of thioether (sulfide) groups is 1. The topological polar surface area (TPSA) is 53.8 Å². The van der Waals surface area contributed by atoms with Gasteiger partial charge in [0.2, 0.25) is 0 Å². The fourth-order valence-corrected chi connectivity index (χ4v) is 5.60. The van der Waals surface area contributed by atoms with Gasteiger partial charge in [0.05, 0.1) is 18.5 Å². The molecule has 0 bridgehead atoms. The van der Waals surface area contributed by atoms with Crippen LogP contribution in [-0.4, -0.2) is 29.0 Å². The summed E-state index contributed by atoms with van der Waals surface area (Å²) in [6.07, 6.45) is 1.48. The Hall–Kier alpha value is -2.99. The number of hydrogen-bond acceptors (Lipinski definition) is 4. The van der Waals surface area contributed by atoms with Crippen LogP contribution in [0.4, 0.5) is 5.69 Å². The third-order valence-electron chi connectivity index (χ3n) is 5.54. The van der Waals surface area contributed by atoms with Gasteiger partial charge in [0.25, 0.3) is 11.8 Å². The fraction of sp³-hybridized carbons (Fsp3) is 0.217. The highest BCUT2D eigenvalue weighted by molar-refractivity contribution is 8.01. The second-order valence-corrected chi connectivity index (χ2v) is 8.61. The molecule has 2 aliphatic heterocycles. The molecule has 146 valence electrons. The van der Waals surface area contributed by atoms with Crippen molar-refractivity contribution >= 4 is 29.3 Å². The van der Waals surface area contributed by atoms with Gasteiger partial charge < -0.3 is 14.2 Å². The molecule has 0 aliphatic carbocycles. The number of amides is 2. The van der Waals surface area contributed by atoms with Crippen LogP contribution < -0.4 is 4.90 Å².